The molecule has 29 heavy (non-hydrogen) atoms. The average Bonchev–Trinajstić information content (AvgIpc) is 3.17. The Labute approximate surface area is 168 Å². The van der Waals surface area contributed by atoms with Gasteiger partial charge in [-0.2, -0.15) is 0 Å². The maximum absolute atomic E-state index is 12.8. The van der Waals surface area contributed by atoms with E-state index in [2.05, 4.69) is 16.9 Å². The number of piperidine rings is 2. The first kappa shape index (κ1) is 19.8. The summed E-state index contributed by atoms with van der Waals surface area (Å²) in [4.78, 5) is 35.7. The molecular weight excluding hydrogens is 378 g/mol. The van der Waals surface area contributed by atoms with E-state index in [9.17, 15) is 18.4 Å². The van der Waals surface area contributed by atoms with E-state index in [1.54, 1.807) is 23.1 Å². The Morgan fingerprint density at radius 3 is 2.38 bits per heavy atom. The van der Waals surface area contributed by atoms with E-state index in [0.717, 1.165) is 25.9 Å². The summed E-state index contributed by atoms with van der Waals surface area (Å²) >= 11 is 0. The quantitative estimate of drug-likeness (QED) is 0.850. The summed E-state index contributed by atoms with van der Waals surface area (Å²) < 4.78 is 25.6. The van der Waals surface area contributed by atoms with E-state index in [1.807, 2.05) is 4.90 Å². The van der Waals surface area contributed by atoms with Gasteiger partial charge in [0.1, 0.15) is 0 Å². The van der Waals surface area contributed by atoms with Gasteiger partial charge in [-0.25, -0.2) is 13.8 Å². The van der Waals surface area contributed by atoms with Gasteiger partial charge in [-0.1, -0.05) is 6.92 Å². The van der Waals surface area contributed by atoms with E-state index in [-0.39, 0.29) is 17.7 Å². The van der Waals surface area contributed by atoms with E-state index in [1.165, 1.54) is 0 Å². The molecule has 1 aromatic carbocycles. The Morgan fingerprint density at radius 2 is 1.72 bits per heavy atom. The van der Waals surface area contributed by atoms with Crippen molar-refractivity contribution in [1.29, 1.82) is 0 Å². The predicted molar refractivity (Wildman–Crippen MR) is 105 cm³/mol. The Hall–Kier alpha value is -2.51. The van der Waals surface area contributed by atoms with E-state index in [4.69, 9.17) is 0 Å². The Bertz CT molecular complexity index is 897. The molecule has 156 valence electrons. The van der Waals surface area contributed by atoms with Crippen molar-refractivity contribution in [3.8, 4) is 0 Å². The second-order valence-corrected chi connectivity index (χ2v) is 8.23. The van der Waals surface area contributed by atoms with Gasteiger partial charge < -0.3 is 14.8 Å². The molecule has 1 N–H and O–H groups in total. The minimum absolute atomic E-state index is 0.0175. The van der Waals surface area contributed by atoms with Crippen LogP contribution in [-0.4, -0.2) is 57.8 Å². The fraction of sp³-hybridized carbons (Fsp3) is 0.571. The highest BCUT2D eigenvalue weighted by Crippen LogP contribution is 2.25. The van der Waals surface area contributed by atoms with Crippen LogP contribution in [-0.2, 0) is 4.79 Å². The zero-order chi connectivity index (χ0) is 20.5. The first-order valence-electron chi connectivity index (χ1n) is 10.3. The third-order valence-corrected chi connectivity index (χ3v) is 6.18. The molecule has 0 radical (unpaired) electrons. The fourth-order valence-electron chi connectivity index (χ4n) is 4.27. The minimum atomic E-state index is -2.68. The SMILES string of the molecule is CC1CCN(C(=O)C2CCN(C(=O)c3ccc4nc(C(F)F)[nH]c4c3)CC2)CC1. The number of aromatic nitrogens is 2. The molecule has 0 atom stereocenters. The lowest BCUT2D eigenvalue weighted by atomic mass is 9.92. The molecular formula is C21H26F2N4O2. The van der Waals surface area contributed by atoms with E-state index < -0.39 is 12.2 Å². The molecule has 1 aromatic heterocycles. The van der Waals surface area contributed by atoms with Crippen molar-refractivity contribution in [3.63, 3.8) is 0 Å². The lowest BCUT2D eigenvalue weighted by molar-refractivity contribution is -0.138. The van der Waals surface area contributed by atoms with Crippen LogP contribution in [0.25, 0.3) is 11.0 Å². The highest BCUT2D eigenvalue weighted by Gasteiger charge is 2.31. The summed E-state index contributed by atoms with van der Waals surface area (Å²) in [5.74, 6) is 0.356. The van der Waals surface area contributed by atoms with Crippen LogP contribution in [0.15, 0.2) is 18.2 Å². The fourth-order valence-corrected chi connectivity index (χ4v) is 4.27. The number of H-pyrrole nitrogens is 1. The molecule has 2 aromatic rings. The summed E-state index contributed by atoms with van der Waals surface area (Å²) in [5.41, 5.74) is 1.28. The number of imidazole rings is 1. The number of amides is 2. The molecule has 2 fully saturated rings. The van der Waals surface area contributed by atoms with Crippen LogP contribution in [0.4, 0.5) is 8.78 Å². The van der Waals surface area contributed by atoms with Crippen molar-refractivity contribution in [2.75, 3.05) is 26.2 Å². The second-order valence-electron chi connectivity index (χ2n) is 8.23. The van der Waals surface area contributed by atoms with Crippen LogP contribution in [0.1, 0.15) is 55.2 Å². The van der Waals surface area contributed by atoms with Crippen molar-refractivity contribution in [3.05, 3.63) is 29.6 Å². The Kier molecular flexibility index (Phi) is 5.52. The normalized spacial score (nSPS) is 19.3. The number of carbonyl (C=O) groups excluding carboxylic acids is 2. The highest BCUT2D eigenvalue weighted by molar-refractivity contribution is 5.97. The van der Waals surface area contributed by atoms with Gasteiger partial charge in [-0.3, -0.25) is 9.59 Å². The number of rotatable bonds is 3. The molecule has 4 rings (SSSR count). The number of fused-ring (bicyclic) bond motifs is 1. The Balaban J connectivity index is 1.37. The Morgan fingerprint density at radius 1 is 1.07 bits per heavy atom. The van der Waals surface area contributed by atoms with Crippen molar-refractivity contribution in [2.45, 2.75) is 39.0 Å². The van der Waals surface area contributed by atoms with Crippen LogP contribution < -0.4 is 0 Å². The van der Waals surface area contributed by atoms with E-state index >= 15 is 0 Å². The lowest BCUT2D eigenvalue weighted by Crippen LogP contribution is -2.46. The molecule has 0 saturated carbocycles. The maximum Gasteiger partial charge on any atom is 0.295 e. The zero-order valence-electron chi connectivity index (χ0n) is 16.5. The molecule has 8 heteroatoms. The second kappa shape index (κ2) is 8.08. The lowest BCUT2D eigenvalue weighted by Gasteiger charge is -2.36. The number of aromatic amines is 1. The van der Waals surface area contributed by atoms with Gasteiger partial charge in [0.25, 0.3) is 12.3 Å². The monoisotopic (exact) mass is 404 g/mol. The molecule has 2 amide bonds. The predicted octanol–water partition coefficient (Wildman–Crippen LogP) is 3.61. The number of carbonyl (C=O) groups is 2. The van der Waals surface area contributed by atoms with Crippen LogP contribution in [0.3, 0.4) is 0 Å². The summed E-state index contributed by atoms with van der Waals surface area (Å²) in [6, 6.07) is 4.77. The van der Waals surface area contributed by atoms with Crippen molar-refractivity contribution >= 4 is 22.8 Å². The number of nitrogens with one attached hydrogen (secondary N) is 1. The molecule has 0 bridgehead atoms. The number of alkyl halides is 2. The summed E-state index contributed by atoms with van der Waals surface area (Å²) in [5, 5.41) is 0. The van der Waals surface area contributed by atoms with Crippen LogP contribution in [0.2, 0.25) is 0 Å². The van der Waals surface area contributed by atoms with Crippen LogP contribution >= 0.6 is 0 Å². The molecule has 0 spiro atoms. The third-order valence-electron chi connectivity index (χ3n) is 6.18. The molecule has 3 heterocycles. The van der Waals surface area contributed by atoms with Crippen molar-refractivity contribution in [1.82, 2.24) is 19.8 Å². The van der Waals surface area contributed by atoms with Crippen molar-refractivity contribution < 1.29 is 18.4 Å². The van der Waals surface area contributed by atoms with Crippen LogP contribution in [0.5, 0.6) is 0 Å². The van der Waals surface area contributed by atoms with Gasteiger partial charge in [0, 0.05) is 37.7 Å². The number of halogens is 2. The largest absolute Gasteiger partial charge is 0.342 e. The number of benzene rings is 1. The zero-order valence-corrected chi connectivity index (χ0v) is 16.5. The number of hydrogen-bond donors (Lipinski definition) is 1. The van der Waals surface area contributed by atoms with Gasteiger partial charge in [-0.05, 0) is 49.8 Å². The number of nitrogens with zero attached hydrogens (tertiary/aromatic N) is 3. The van der Waals surface area contributed by atoms with Crippen LogP contribution in [0, 0.1) is 11.8 Å². The first-order valence-corrected chi connectivity index (χ1v) is 10.3. The highest BCUT2D eigenvalue weighted by atomic mass is 19.3. The molecule has 2 aliphatic rings. The number of likely N-dealkylation sites (tertiary alicyclic amines) is 2. The third kappa shape index (κ3) is 4.11. The molecule has 0 unspecified atom stereocenters. The number of hydrogen-bond acceptors (Lipinski definition) is 3. The first-order chi connectivity index (χ1) is 13.9. The summed E-state index contributed by atoms with van der Waals surface area (Å²) in [6.45, 7) is 4.96. The maximum atomic E-state index is 12.8. The molecule has 6 nitrogen and oxygen atoms in total. The van der Waals surface area contributed by atoms with Gasteiger partial charge in [0.05, 0.1) is 11.0 Å². The smallest absolute Gasteiger partial charge is 0.295 e. The summed E-state index contributed by atoms with van der Waals surface area (Å²) in [6.07, 6.45) is 0.775. The summed E-state index contributed by atoms with van der Waals surface area (Å²) in [7, 11) is 0. The van der Waals surface area contributed by atoms with Gasteiger partial charge >= 0.3 is 0 Å². The molecule has 0 aliphatic carbocycles. The van der Waals surface area contributed by atoms with Gasteiger partial charge in [0.15, 0.2) is 5.82 Å². The standard InChI is InChI=1S/C21H26F2N4O2/c1-13-4-8-26(9-5-13)20(28)14-6-10-27(11-7-14)21(29)15-2-3-16-17(12-15)25-19(24-16)18(22)23/h2-3,12-14,18H,4-11H2,1H3,(H,24,25). The van der Waals surface area contributed by atoms with Gasteiger partial charge in [-0.15, -0.1) is 0 Å². The topological polar surface area (TPSA) is 69.3 Å². The minimum Gasteiger partial charge on any atom is -0.342 e. The van der Waals surface area contributed by atoms with Crippen molar-refractivity contribution in [2.24, 2.45) is 11.8 Å². The molecule has 2 saturated heterocycles. The average molecular weight is 404 g/mol. The molecule has 2 aliphatic heterocycles. The van der Waals surface area contributed by atoms with E-state index in [0.29, 0.717) is 48.4 Å². The van der Waals surface area contributed by atoms with Gasteiger partial charge in [0.2, 0.25) is 5.91 Å².